The van der Waals surface area contributed by atoms with E-state index in [1.165, 1.54) is 0 Å². The van der Waals surface area contributed by atoms with Crippen molar-refractivity contribution >= 4 is 15.8 Å². The lowest BCUT2D eigenvalue weighted by molar-refractivity contribution is 0.00824. The van der Waals surface area contributed by atoms with Crippen LogP contribution in [0.2, 0.25) is 0 Å². The Labute approximate surface area is 193 Å². The minimum absolute atomic E-state index is 0.00770. The molecule has 176 valence electrons. The molecule has 11 heteroatoms. The molecule has 0 radical (unpaired) electrons. The van der Waals surface area contributed by atoms with E-state index in [2.05, 4.69) is 19.7 Å². The van der Waals surface area contributed by atoms with Crippen molar-refractivity contribution in [2.75, 3.05) is 39.1 Å². The molecule has 1 fully saturated rings. The van der Waals surface area contributed by atoms with Gasteiger partial charge in [-0.05, 0) is 38.6 Å². The number of sulfonamides is 1. The van der Waals surface area contributed by atoms with Crippen LogP contribution in [0, 0.1) is 13.8 Å². The van der Waals surface area contributed by atoms with Gasteiger partial charge >= 0.3 is 0 Å². The standard InChI is InChI=1S/C22H29N7O3S/c1-14-5-6-17(33(30,31)25-10-16-13-32-8-7-28(16)3)9-18(14)20-11-24-22(23)21(26-20)19-12-29(4)27-15(19)2/h5-6,9,11-12,16,25H,7-8,10,13H2,1-4H3,(H2,23,24). The summed E-state index contributed by atoms with van der Waals surface area (Å²) in [6.45, 7) is 5.98. The van der Waals surface area contributed by atoms with E-state index in [9.17, 15) is 8.42 Å². The monoisotopic (exact) mass is 471 g/mol. The average Bonchev–Trinajstić information content (AvgIpc) is 3.11. The summed E-state index contributed by atoms with van der Waals surface area (Å²) < 4.78 is 35.9. The Morgan fingerprint density at radius 2 is 2.03 bits per heavy atom. The molecule has 10 nitrogen and oxygen atoms in total. The number of aryl methyl sites for hydroxylation is 3. The Bertz CT molecular complexity index is 1270. The summed E-state index contributed by atoms with van der Waals surface area (Å²) in [5.41, 5.74) is 10.3. The third-order valence-electron chi connectivity index (χ3n) is 5.90. The van der Waals surface area contributed by atoms with Crippen LogP contribution in [0.3, 0.4) is 0 Å². The lowest BCUT2D eigenvalue weighted by Crippen LogP contribution is -2.49. The Hall–Kier alpha value is -2.86. The molecule has 0 aliphatic carbocycles. The molecule has 1 aliphatic heterocycles. The summed E-state index contributed by atoms with van der Waals surface area (Å²) in [5, 5.41) is 4.35. The second kappa shape index (κ2) is 9.18. The number of hydrogen-bond donors (Lipinski definition) is 2. The molecule has 33 heavy (non-hydrogen) atoms. The quantitative estimate of drug-likeness (QED) is 0.551. The van der Waals surface area contributed by atoms with E-state index < -0.39 is 10.0 Å². The molecule has 1 aliphatic rings. The topological polar surface area (TPSA) is 128 Å². The van der Waals surface area contributed by atoms with E-state index in [-0.39, 0.29) is 23.3 Å². The molecule has 0 amide bonds. The molecule has 1 unspecified atom stereocenters. The van der Waals surface area contributed by atoms with E-state index >= 15 is 0 Å². The van der Waals surface area contributed by atoms with Crippen molar-refractivity contribution < 1.29 is 13.2 Å². The molecular formula is C22H29N7O3S. The molecule has 2 aromatic heterocycles. The van der Waals surface area contributed by atoms with Crippen molar-refractivity contribution in [3.05, 3.63) is 41.9 Å². The Balaban J connectivity index is 1.65. The molecule has 1 atom stereocenters. The molecule has 1 aromatic carbocycles. The predicted octanol–water partition coefficient (Wildman–Crippen LogP) is 1.35. The SMILES string of the molecule is Cc1ccc(S(=O)(=O)NCC2COCCN2C)cc1-c1cnc(N)c(-c2cn(C)nc2C)n1. The van der Waals surface area contributed by atoms with Gasteiger partial charge in [-0.15, -0.1) is 0 Å². The molecule has 0 bridgehead atoms. The maximum Gasteiger partial charge on any atom is 0.240 e. The van der Waals surface area contributed by atoms with Gasteiger partial charge in [-0.2, -0.15) is 5.10 Å². The third-order valence-corrected chi connectivity index (χ3v) is 7.32. The minimum Gasteiger partial charge on any atom is -0.382 e. The zero-order chi connectivity index (χ0) is 23.8. The Morgan fingerprint density at radius 3 is 2.73 bits per heavy atom. The van der Waals surface area contributed by atoms with Gasteiger partial charge in [0.05, 0.1) is 35.7 Å². The van der Waals surface area contributed by atoms with Gasteiger partial charge in [-0.3, -0.25) is 9.58 Å². The van der Waals surface area contributed by atoms with Crippen molar-refractivity contribution in [2.45, 2.75) is 24.8 Å². The highest BCUT2D eigenvalue weighted by Crippen LogP contribution is 2.30. The van der Waals surface area contributed by atoms with Gasteiger partial charge < -0.3 is 10.5 Å². The van der Waals surface area contributed by atoms with Crippen LogP contribution in [-0.4, -0.2) is 72.5 Å². The molecule has 1 saturated heterocycles. The predicted molar refractivity (Wildman–Crippen MR) is 126 cm³/mol. The number of rotatable bonds is 6. The van der Waals surface area contributed by atoms with Gasteiger partial charge in [0.2, 0.25) is 10.0 Å². The smallest absolute Gasteiger partial charge is 0.240 e. The fourth-order valence-corrected chi connectivity index (χ4v) is 4.94. The highest BCUT2D eigenvalue weighted by atomic mass is 32.2. The maximum atomic E-state index is 13.0. The van der Waals surface area contributed by atoms with Crippen molar-refractivity contribution in [3.63, 3.8) is 0 Å². The van der Waals surface area contributed by atoms with Crippen LogP contribution < -0.4 is 10.5 Å². The van der Waals surface area contributed by atoms with Gasteiger partial charge in [0.15, 0.2) is 0 Å². The first-order valence-corrected chi connectivity index (χ1v) is 12.2. The first kappa shape index (κ1) is 23.3. The summed E-state index contributed by atoms with van der Waals surface area (Å²) in [5.74, 6) is 0.289. The zero-order valence-electron chi connectivity index (χ0n) is 19.2. The zero-order valence-corrected chi connectivity index (χ0v) is 20.1. The number of ether oxygens (including phenoxy) is 1. The van der Waals surface area contributed by atoms with E-state index in [1.54, 1.807) is 29.1 Å². The van der Waals surface area contributed by atoms with Gasteiger partial charge in [0.25, 0.3) is 0 Å². The number of nitrogen functional groups attached to an aromatic ring is 1. The van der Waals surface area contributed by atoms with Crippen molar-refractivity contribution in [1.82, 2.24) is 29.4 Å². The summed E-state index contributed by atoms with van der Waals surface area (Å²) in [6.07, 6.45) is 3.40. The van der Waals surface area contributed by atoms with Crippen molar-refractivity contribution in [2.24, 2.45) is 7.05 Å². The van der Waals surface area contributed by atoms with Crippen LogP contribution in [0.15, 0.2) is 35.5 Å². The van der Waals surface area contributed by atoms with Gasteiger partial charge in [-0.1, -0.05) is 6.07 Å². The first-order valence-electron chi connectivity index (χ1n) is 10.7. The molecule has 0 spiro atoms. The number of nitrogens with two attached hydrogens (primary N) is 1. The second-order valence-electron chi connectivity index (χ2n) is 8.33. The number of aromatic nitrogens is 4. The number of likely N-dealkylation sites (N-methyl/N-ethyl adjacent to an activating group) is 1. The Kier molecular flexibility index (Phi) is 6.48. The average molecular weight is 472 g/mol. The van der Waals surface area contributed by atoms with Crippen LogP contribution >= 0.6 is 0 Å². The van der Waals surface area contributed by atoms with E-state index in [4.69, 9.17) is 15.5 Å². The molecule has 3 aromatic rings. The molecule has 0 saturated carbocycles. The summed E-state index contributed by atoms with van der Waals surface area (Å²) in [6, 6.07) is 4.98. The molecule has 4 rings (SSSR count). The number of nitrogens with zero attached hydrogens (tertiary/aromatic N) is 5. The highest BCUT2D eigenvalue weighted by Gasteiger charge is 2.23. The van der Waals surface area contributed by atoms with Crippen LogP contribution in [0.1, 0.15) is 11.3 Å². The first-order chi connectivity index (χ1) is 15.7. The molecule has 3 heterocycles. The van der Waals surface area contributed by atoms with E-state index in [0.29, 0.717) is 30.2 Å². The van der Waals surface area contributed by atoms with Gasteiger partial charge in [0.1, 0.15) is 11.5 Å². The fourth-order valence-electron chi connectivity index (χ4n) is 3.84. The van der Waals surface area contributed by atoms with Crippen LogP contribution in [0.5, 0.6) is 0 Å². The summed E-state index contributed by atoms with van der Waals surface area (Å²) >= 11 is 0. The van der Waals surface area contributed by atoms with Crippen LogP contribution in [-0.2, 0) is 21.8 Å². The summed E-state index contributed by atoms with van der Waals surface area (Å²) in [4.78, 5) is 11.3. The van der Waals surface area contributed by atoms with Crippen molar-refractivity contribution in [3.8, 4) is 22.5 Å². The highest BCUT2D eigenvalue weighted by molar-refractivity contribution is 7.89. The Morgan fingerprint density at radius 1 is 1.24 bits per heavy atom. The van der Waals surface area contributed by atoms with E-state index in [1.807, 2.05) is 34.1 Å². The lowest BCUT2D eigenvalue weighted by Gasteiger charge is -2.32. The van der Waals surface area contributed by atoms with Crippen LogP contribution in [0.25, 0.3) is 22.5 Å². The minimum atomic E-state index is -3.72. The van der Waals surface area contributed by atoms with Crippen LogP contribution in [0.4, 0.5) is 5.82 Å². The summed E-state index contributed by atoms with van der Waals surface area (Å²) in [7, 11) is 0.0685. The normalized spacial score (nSPS) is 17.4. The number of nitrogens with one attached hydrogen (secondary N) is 1. The molecule has 3 N–H and O–H groups in total. The van der Waals surface area contributed by atoms with E-state index in [0.717, 1.165) is 23.4 Å². The maximum absolute atomic E-state index is 13.0. The van der Waals surface area contributed by atoms with Gasteiger partial charge in [-0.25, -0.2) is 23.1 Å². The van der Waals surface area contributed by atoms with Gasteiger partial charge in [0, 0.05) is 43.5 Å². The third kappa shape index (κ3) is 4.91. The number of anilines is 1. The largest absolute Gasteiger partial charge is 0.382 e. The fraction of sp³-hybridized carbons (Fsp3) is 0.409. The number of morpholine rings is 1. The lowest BCUT2D eigenvalue weighted by atomic mass is 10.1. The number of benzene rings is 1. The van der Waals surface area contributed by atoms with Crippen molar-refractivity contribution in [1.29, 1.82) is 0 Å². The number of hydrogen-bond acceptors (Lipinski definition) is 8. The second-order valence-corrected chi connectivity index (χ2v) is 10.1. The molecular weight excluding hydrogens is 442 g/mol.